The fourth-order valence-electron chi connectivity index (χ4n) is 3.16. The third-order valence-electron chi connectivity index (χ3n) is 4.53. The second-order valence-corrected chi connectivity index (χ2v) is 6.69. The van der Waals surface area contributed by atoms with E-state index in [-0.39, 0.29) is 24.1 Å². The fraction of sp³-hybridized carbons (Fsp3) is 0.421. The number of aryl methyl sites for hydroxylation is 2. The van der Waals surface area contributed by atoms with Crippen molar-refractivity contribution in [3.8, 4) is 5.88 Å². The third-order valence-corrected chi connectivity index (χ3v) is 4.53. The molecule has 1 amide bonds. The summed E-state index contributed by atoms with van der Waals surface area (Å²) in [7, 11) is 0. The van der Waals surface area contributed by atoms with Crippen molar-refractivity contribution in [3.05, 3.63) is 57.5 Å². The number of ether oxygens (including phenoxy) is 1. The SMILES string of the molecule is Cc1cc(OC2CCN(C(=O)Cc3ccc([N+](=O)[O-])cc3)CC2)nc(C)n1. The van der Waals surface area contributed by atoms with Crippen LogP contribution in [0.4, 0.5) is 5.69 Å². The Morgan fingerprint density at radius 3 is 2.48 bits per heavy atom. The van der Waals surface area contributed by atoms with Crippen LogP contribution in [-0.2, 0) is 11.2 Å². The van der Waals surface area contributed by atoms with E-state index in [1.54, 1.807) is 12.1 Å². The number of nitro groups is 1. The molecule has 1 aromatic carbocycles. The van der Waals surface area contributed by atoms with Crippen LogP contribution in [0, 0.1) is 24.0 Å². The number of aromatic nitrogens is 2. The van der Waals surface area contributed by atoms with E-state index in [0.29, 0.717) is 24.8 Å². The topological polar surface area (TPSA) is 98.5 Å². The third kappa shape index (κ3) is 4.99. The van der Waals surface area contributed by atoms with Gasteiger partial charge in [-0.05, 0) is 19.4 Å². The first-order chi connectivity index (χ1) is 12.9. The van der Waals surface area contributed by atoms with Gasteiger partial charge in [0.2, 0.25) is 11.8 Å². The zero-order chi connectivity index (χ0) is 19.4. The number of amides is 1. The summed E-state index contributed by atoms with van der Waals surface area (Å²) in [5.41, 5.74) is 1.67. The first-order valence-electron chi connectivity index (χ1n) is 8.91. The molecule has 0 N–H and O–H groups in total. The molecule has 0 atom stereocenters. The number of carbonyl (C=O) groups is 1. The van der Waals surface area contributed by atoms with E-state index in [1.807, 2.05) is 24.8 Å². The minimum atomic E-state index is -0.447. The molecule has 0 unspecified atom stereocenters. The number of likely N-dealkylation sites (tertiary alicyclic amines) is 1. The van der Waals surface area contributed by atoms with Gasteiger partial charge in [0, 0.05) is 49.8 Å². The molecule has 8 heteroatoms. The lowest BCUT2D eigenvalue weighted by Gasteiger charge is -2.32. The molecule has 8 nitrogen and oxygen atoms in total. The molecule has 0 saturated carbocycles. The summed E-state index contributed by atoms with van der Waals surface area (Å²) < 4.78 is 5.95. The Morgan fingerprint density at radius 2 is 1.89 bits per heavy atom. The van der Waals surface area contributed by atoms with Crippen LogP contribution < -0.4 is 4.74 Å². The van der Waals surface area contributed by atoms with Crippen LogP contribution in [0.25, 0.3) is 0 Å². The van der Waals surface area contributed by atoms with E-state index in [0.717, 1.165) is 24.1 Å². The maximum absolute atomic E-state index is 12.5. The average molecular weight is 370 g/mol. The van der Waals surface area contributed by atoms with Crippen LogP contribution in [-0.4, -0.2) is 44.9 Å². The summed E-state index contributed by atoms with van der Waals surface area (Å²) in [6.07, 6.45) is 1.76. The molecule has 3 rings (SSSR count). The average Bonchev–Trinajstić information content (AvgIpc) is 2.62. The minimum absolute atomic E-state index is 0.0241. The fourth-order valence-corrected chi connectivity index (χ4v) is 3.16. The van der Waals surface area contributed by atoms with Gasteiger partial charge in [-0.2, -0.15) is 4.98 Å². The Kier molecular flexibility index (Phi) is 5.63. The first-order valence-corrected chi connectivity index (χ1v) is 8.91. The van der Waals surface area contributed by atoms with Crippen LogP contribution in [0.5, 0.6) is 5.88 Å². The molecule has 1 aromatic heterocycles. The van der Waals surface area contributed by atoms with Gasteiger partial charge in [-0.1, -0.05) is 12.1 Å². The number of rotatable bonds is 5. The molecule has 1 aliphatic heterocycles. The van der Waals surface area contributed by atoms with Crippen LogP contribution >= 0.6 is 0 Å². The van der Waals surface area contributed by atoms with Gasteiger partial charge in [0.1, 0.15) is 11.9 Å². The van der Waals surface area contributed by atoms with E-state index >= 15 is 0 Å². The van der Waals surface area contributed by atoms with Crippen LogP contribution in [0.2, 0.25) is 0 Å². The Hall–Kier alpha value is -3.03. The lowest BCUT2D eigenvalue weighted by atomic mass is 10.1. The van der Waals surface area contributed by atoms with E-state index in [1.165, 1.54) is 12.1 Å². The number of piperidine rings is 1. The van der Waals surface area contributed by atoms with Crippen molar-refractivity contribution in [3.63, 3.8) is 0 Å². The predicted octanol–water partition coefficient (Wildman–Crippen LogP) is 2.61. The van der Waals surface area contributed by atoms with Gasteiger partial charge in [-0.3, -0.25) is 14.9 Å². The zero-order valence-electron chi connectivity index (χ0n) is 15.4. The van der Waals surface area contributed by atoms with Gasteiger partial charge in [0.15, 0.2) is 0 Å². The molecular formula is C19H22N4O4. The maximum Gasteiger partial charge on any atom is 0.269 e. The van der Waals surface area contributed by atoms with Crippen molar-refractivity contribution < 1.29 is 14.5 Å². The summed E-state index contributed by atoms with van der Waals surface area (Å²) in [6.45, 7) is 4.99. The van der Waals surface area contributed by atoms with Gasteiger partial charge in [-0.15, -0.1) is 0 Å². The lowest BCUT2D eigenvalue weighted by molar-refractivity contribution is -0.384. The molecule has 1 saturated heterocycles. The molecule has 0 spiro atoms. The van der Waals surface area contributed by atoms with Crippen LogP contribution in [0.15, 0.2) is 30.3 Å². The quantitative estimate of drug-likeness (QED) is 0.593. The molecule has 0 radical (unpaired) electrons. The first kappa shape index (κ1) is 18.8. The highest BCUT2D eigenvalue weighted by Gasteiger charge is 2.24. The summed E-state index contributed by atoms with van der Waals surface area (Å²) in [5, 5.41) is 10.7. The Labute approximate surface area is 157 Å². The summed E-state index contributed by atoms with van der Waals surface area (Å²) in [5.74, 6) is 1.28. The Morgan fingerprint density at radius 1 is 1.22 bits per heavy atom. The number of hydrogen-bond acceptors (Lipinski definition) is 6. The second kappa shape index (κ2) is 8.11. The van der Waals surface area contributed by atoms with Crippen molar-refractivity contribution in [1.82, 2.24) is 14.9 Å². The number of carbonyl (C=O) groups excluding carboxylic acids is 1. The van der Waals surface area contributed by atoms with Gasteiger partial charge >= 0.3 is 0 Å². The minimum Gasteiger partial charge on any atom is -0.474 e. The number of non-ortho nitro benzene ring substituents is 1. The molecule has 142 valence electrons. The van der Waals surface area contributed by atoms with Crippen molar-refractivity contribution in [2.75, 3.05) is 13.1 Å². The maximum atomic E-state index is 12.5. The Bertz CT molecular complexity index is 810. The normalized spacial score (nSPS) is 14.8. The molecule has 2 heterocycles. The second-order valence-electron chi connectivity index (χ2n) is 6.69. The smallest absolute Gasteiger partial charge is 0.269 e. The highest BCUT2D eigenvalue weighted by Crippen LogP contribution is 2.19. The van der Waals surface area contributed by atoms with E-state index < -0.39 is 4.92 Å². The van der Waals surface area contributed by atoms with E-state index in [9.17, 15) is 14.9 Å². The van der Waals surface area contributed by atoms with Gasteiger partial charge in [-0.25, -0.2) is 4.98 Å². The summed E-state index contributed by atoms with van der Waals surface area (Å²) >= 11 is 0. The van der Waals surface area contributed by atoms with Crippen molar-refractivity contribution in [1.29, 1.82) is 0 Å². The largest absolute Gasteiger partial charge is 0.474 e. The van der Waals surface area contributed by atoms with Crippen molar-refractivity contribution >= 4 is 11.6 Å². The van der Waals surface area contributed by atoms with Crippen molar-refractivity contribution in [2.24, 2.45) is 0 Å². The molecule has 1 fully saturated rings. The number of benzene rings is 1. The van der Waals surface area contributed by atoms with Crippen LogP contribution in [0.1, 0.15) is 29.9 Å². The molecule has 0 aliphatic carbocycles. The summed E-state index contributed by atoms with van der Waals surface area (Å²) in [4.78, 5) is 33.1. The van der Waals surface area contributed by atoms with Crippen molar-refractivity contribution in [2.45, 2.75) is 39.2 Å². The monoisotopic (exact) mass is 370 g/mol. The van der Waals surface area contributed by atoms with Gasteiger partial charge < -0.3 is 9.64 Å². The number of hydrogen-bond donors (Lipinski definition) is 0. The molecule has 1 aliphatic rings. The highest BCUT2D eigenvalue weighted by molar-refractivity contribution is 5.79. The van der Waals surface area contributed by atoms with Gasteiger partial charge in [0.05, 0.1) is 11.3 Å². The predicted molar refractivity (Wildman–Crippen MR) is 98.5 cm³/mol. The molecule has 0 bridgehead atoms. The standard InChI is InChI=1S/C19H22N4O4/c1-13-11-18(21-14(2)20-13)27-17-7-9-22(10-8-17)19(24)12-15-3-5-16(6-4-15)23(25)26/h3-6,11,17H,7-10,12H2,1-2H3. The summed E-state index contributed by atoms with van der Waals surface area (Å²) in [6, 6.07) is 7.93. The van der Waals surface area contributed by atoms with E-state index in [2.05, 4.69) is 9.97 Å². The molecule has 27 heavy (non-hydrogen) atoms. The Balaban J connectivity index is 1.50. The molecule has 2 aromatic rings. The number of nitro benzene ring substituents is 1. The van der Waals surface area contributed by atoms with Crippen LogP contribution in [0.3, 0.4) is 0 Å². The van der Waals surface area contributed by atoms with E-state index in [4.69, 9.17) is 4.74 Å². The highest BCUT2D eigenvalue weighted by atomic mass is 16.6. The molecular weight excluding hydrogens is 348 g/mol. The lowest BCUT2D eigenvalue weighted by Crippen LogP contribution is -2.42. The number of nitrogens with zero attached hydrogens (tertiary/aromatic N) is 4. The zero-order valence-corrected chi connectivity index (χ0v) is 15.4. The van der Waals surface area contributed by atoms with Gasteiger partial charge in [0.25, 0.3) is 5.69 Å².